The van der Waals surface area contributed by atoms with Gasteiger partial charge in [0.25, 0.3) is 0 Å². The summed E-state index contributed by atoms with van der Waals surface area (Å²) < 4.78 is 5.94. The summed E-state index contributed by atoms with van der Waals surface area (Å²) in [6.07, 6.45) is 3.52. The Morgan fingerprint density at radius 1 is 1.33 bits per heavy atom. The molecule has 2 atom stereocenters. The summed E-state index contributed by atoms with van der Waals surface area (Å²) in [6, 6.07) is 8.92. The van der Waals surface area contributed by atoms with E-state index >= 15 is 0 Å². The van der Waals surface area contributed by atoms with Gasteiger partial charge in [0.1, 0.15) is 0 Å². The molecule has 1 saturated heterocycles. The van der Waals surface area contributed by atoms with Crippen LogP contribution < -0.4 is 0 Å². The van der Waals surface area contributed by atoms with E-state index in [1.54, 1.807) is 0 Å². The Balaban J connectivity index is 1.74. The van der Waals surface area contributed by atoms with E-state index in [2.05, 4.69) is 29.2 Å². The minimum absolute atomic E-state index is 0.182. The number of aliphatic hydroxyl groups excluding tert-OH is 1. The van der Waals surface area contributed by atoms with Gasteiger partial charge in [0, 0.05) is 12.6 Å². The minimum Gasteiger partial charge on any atom is -0.395 e. The van der Waals surface area contributed by atoms with Crippen molar-refractivity contribution >= 4 is 0 Å². The lowest BCUT2D eigenvalue weighted by atomic mass is 9.97. The second-order valence-electron chi connectivity index (χ2n) is 5.28. The molecule has 0 amide bonds. The molecule has 2 heterocycles. The molecule has 0 bridgehead atoms. The first-order chi connectivity index (χ1) is 8.88. The van der Waals surface area contributed by atoms with Crippen LogP contribution in [0.1, 0.15) is 30.1 Å². The van der Waals surface area contributed by atoms with Gasteiger partial charge in [-0.25, -0.2) is 0 Å². The number of fused-ring (bicyclic) bond motifs is 1. The molecule has 3 nitrogen and oxygen atoms in total. The predicted molar refractivity (Wildman–Crippen MR) is 70.5 cm³/mol. The summed E-state index contributed by atoms with van der Waals surface area (Å²) in [5, 5.41) is 9.38. The Bertz CT molecular complexity index is 407. The second-order valence-corrected chi connectivity index (χ2v) is 5.28. The molecule has 0 spiro atoms. The summed E-state index contributed by atoms with van der Waals surface area (Å²) in [4.78, 5) is 2.38. The largest absolute Gasteiger partial charge is 0.395 e. The lowest BCUT2D eigenvalue weighted by Gasteiger charge is -2.31. The highest BCUT2D eigenvalue weighted by atomic mass is 16.5. The maximum absolute atomic E-state index is 9.38. The molecule has 18 heavy (non-hydrogen) atoms. The van der Waals surface area contributed by atoms with Crippen molar-refractivity contribution < 1.29 is 9.84 Å². The van der Waals surface area contributed by atoms with E-state index in [0.29, 0.717) is 6.04 Å². The van der Waals surface area contributed by atoms with Crippen molar-refractivity contribution in [2.75, 3.05) is 26.3 Å². The molecule has 2 aliphatic rings. The van der Waals surface area contributed by atoms with Gasteiger partial charge in [-0.2, -0.15) is 0 Å². The fourth-order valence-corrected chi connectivity index (χ4v) is 3.18. The normalized spacial score (nSPS) is 28.3. The lowest BCUT2D eigenvalue weighted by Crippen LogP contribution is -2.37. The van der Waals surface area contributed by atoms with E-state index in [1.165, 1.54) is 17.5 Å². The first-order valence-corrected chi connectivity index (χ1v) is 6.93. The third-order valence-electron chi connectivity index (χ3n) is 4.20. The number of ether oxygens (including phenoxy) is 1. The highest BCUT2D eigenvalue weighted by Crippen LogP contribution is 2.29. The molecular weight excluding hydrogens is 226 g/mol. The third kappa shape index (κ3) is 2.30. The van der Waals surface area contributed by atoms with Crippen LogP contribution in [0.5, 0.6) is 0 Å². The molecule has 0 radical (unpaired) electrons. The van der Waals surface area contributed by atoms with Crippen LogP contribution in [0, 0.1) is 0 Å². The van der Waals surface area contributed by atoms with Gasteiger partial charge in [-0.15, -0.1) is 0 Å². The van der Waals surface area contributed by atoms with Crippen molar-refractivity contribution in [3.63, 3.8) is 0 Å². The van der Waals surface area contributed by atoms with Crippen LogP contribution in [-0.4, -0.2) is 42.4 Å². The summed E-state index contributed by atoms with van der Waals surface area (Å²) in [6.45, 7) is 3.10. The van der Waals surface area contributed by atoms with Crippen LogP contribution in [0.25, 0.3) is 0 Å². The number of hydrogen-bond acceptors (Lipinski definition) is 3. The Hall–Kier alpha value is -0.900. The summed E-state index contributed by atoms with van der Waals surface area (Å²) in [5.41, 5.74) is 2.76. The zero-order valence-electron chi connectivity index (χ0n) is 10.7. The molecule has 0 saturated carbocycles. The predicted octanol–water partition coefficient (Wildman–Crippen LogP) is 1.76. The summed E-state index contributed by atoms with van der Waals surface area (Å²) in [5.74, 6) is 0. The molecule has 0 aliphatic carbocycles. The lowest BCUT2D eigenvalue weighted by molar-refractivity contribution is 0.00801. The topological polar surface area (TPSA) is 32.7 Å². The van der Waals surface area contributed by atoms with E-state index in [-0.39, 0.29) is 12.7 Å². The number of likely N-dealkylation sites (tertiary alicyclic amines) is 1. The third-order valence-corrected chi connectivity index (χ3v) is 4.20. The maximum Gasteiger partial charge on any atom is 0.0954 e. The van der Waals surface area contributed by atoms with Gasteiger partial charge in [-0.3, -0.25) is 4.90 Å². The number of nitrogens with zero attached hydrogens (tertiary/aromatic N) is 1. The average molecular weight is 247 g/mol. The number of rotatable bonds is 3. The van der Waals surface area contributed by atoms with Gasteiger partial charge in [0.15, 0.2) is 0 Å². The standard InChI is InChI=1S/C15H21NO2/c17-11-13-5-3-8-16(13)10-15-14-6-2-1-4-12(14)7-9-18-15/h1-2,4,6,13,15,17H,3,5,7-11H2/t13-,15?/m1/s1. The molecule has 1 fully saturated rings. The van der Waals surface area contributed by atoms with E-state index in [9.17, 15) is 5.11 Å². The summed E-state index contributed by atoms with van der Waals surface area (Å²) in [7, 11) is 0. The highest BCUT2D eigenvalue weighted by Gasteiger charge is 2.29. The maximum atomic E-state index is 9.38. The van der Waals surface area contributed by atoms with Gasteiger partial charge >= 0.3 is 0 Å². The number of aliphatic hydroxyl groups is 1. The quantitative estimate of drug-likeness (QED) is 0.883. The fraction of sp³-hybridized carbons (Fsp3) is 0.600. The molecule has 3 rings (SSSR count). The van der Waals surface area contributed by atoms with Crippen LogP contribution in [-0.2, 0) is 11.2 Å². The molecule has 1 N–H and O–H groups in total. The van der Waals surface area contributed by atoms with E-state index in [4.69, 9.17) is 4.74 Å². The molecule has 2 aliphatic heterocycles. The van der Waals surface area contributed by atoms with Gasteiger partial charge in [0.2, 0.25) is 0 Å². The highest BCUT2D eigenvalue weighted by molar-refractivity contribution is 5.31. The zero-order valence-corrected chi connectivity index (χ0v) is 10.7. The van der Waals surface area contributed by atoms with Gasteiger partial charge in [-0.05, 0) is 36.9 Å². The molecule has 3 heteroatoms. The summed E-state index contributed by atoms with van der Waals surface area (Å²) >= 11 is 0. The first-order valence-electron chi connectivity index (χ1n) is 6.93. The van der Waals surface area contributed by atoms with Gasteiger partial charge in [0.05, 0.1) is 19.3 Å². The van der Waals surface area contributed by atoms with Crippen LogP contribution >= 0.6 is 0 Å². The van der Waals surface area contributed by atoms with E-state index in [0.717, 1.165) is 32.5 Å². The van der Waals surface area contributed by atoms with Crippen molar-refractivity contribution in [1.82, 2.24) is 4.90 Å². The van der Waals surface area contributed by atoms with Gasteiger partial charge in [-0.1, -0.05) is 24.3 Å². The van der Waals surface area contributed by atoms with Gasteiger partial charge < -0.3 is 9.84 Å². The number of benzene rings is 1. The van der Waals surface area contributed by atoms with Crippen molar-refractivity contribution in [2.45, 2.75) is 31.4 Å². The Morgan fingerprint density at radius 2 is 2.22 bits per heavy atom. The van der Waals surface area contributed by atoms with Crippen molar-refractivity contribution in [1.29, 1.82) is 0 Å². The van der Waals surface area contributed by atoms with Crippen molar-refractivity contribution in [2.24, 2.45) is 0 Å². The zero-order chi connectivity index (χ0) is 12.4. The molecule has 98 valence electrons. The molecule has 1 unspecified atom stereocenters. The Labute approximate surface area is 108 Å². The van der Waals surface area contributed by atoms with Crippen LogP contribution in [0.4, 0.5) is 0 Å². The van der Waals surface area contributed by atoms with Crippen LogP contribution in [0.2, 0.25) is 0 Å². The average Bonchev–Trinajstić information content (AvgIpc) is 2.86. The Kier molecular flexibility index (Phi) is 3.64. The second kappa shape index (κ2) is 5.39. The minimum atomic E-state index is 0.182. The van der Waals surface area contributed by atoms with Crippen LogP contribution in [0.15, 0.2) is 24.3 Å². The fourth-order valence-electron chi connectivity index (χ4n) is 3.18. The molecule has 0 aromatic heterocycles. The first kappa shape index (κ1) is 12.2. The van der Waals surface area contributed by atoms with Crippen molar-refractivity contribution in [3.05, 3.63) is 35.4 Å². The van der Waals surface area contributed by atoms with E-state index in [1.807, 2.05) is 0 Å². The molecular formula is C15H21NO2. The monoisotopic (exact) mass is 247 g/mol. The molecule has 1 aromatic carbocycles. The van der Waals surface area contributed by atoms with Crippen LogP contribution in [0.3, 0.4) is 0 Å². The van der Waals surface area contributed by atoms with Crippen molar-refractivity contribution in [3.8, 4) is 0 Å². The number of hydrogen-bond donors (Lipinski definition) is 1. The SMILES string of the molecule is OC[C@H]1CCCN1CC1OCCc2ccccc21. The Morgan fingerprint density at radius 3 is 3.11 bits per heavy atom. The van der Waals surface area contributed by atoms with E-state index < -0.39 is 0 Å². The smallest absolute Gasteiger partial charge is 0.0954 e. The molecule has 1 aromatic rings.